The summed E-state index contributed by atoms with van der Waals surface area (Å²) in [6.07, 6.45) is 0.652. The number of para-hydroxylation sites is 1. The van der Waals surface area contributed by atoms with Gasteiger partial charge in [-0.25, -0.2) is 14.4 Å². The summed E-state index contributed by atoms with van der Waals surface area (Å²) in [5.41, 5.74) is 5.13. The molecule has 1 amide bonds. The first-order chi connectivity index (χ1) is 14.9. The number of nitrogens with one attached hydrogen (secondary N) is 1. The van der Waals surface area contributed by atoms with Gasteiger partial charge in [0.05, 0.1) is 27.0 Å². The molecule has 0 spiro atoms. The standard InChI is InChI=1S/C24H21FN4OS/c1-13-11-19(23-27-18-6-4-5-14(2)20(18)28-23)29(12-13)24(30)21-22(31-15(3)26-21)16-7-9-17(25)10-8-16/h4-10,19H,1,11-12H2,2-3H3,(H,27,28). The maximum atomic E-state index is 13.6. The lowest BCUT2D eigenvalue weighted by Crippen LogP contribution is -2.31. The van der Waals surface area contributed by atoms with E-state index in [9.17, 15) is 9.18 Å². The zero-order chi connectivity index (χ0) is 21.7. The molecule has 1 aliphatic rings. The molecule has 0 bridgehead atoms. The third-order valence-corrected chi connectivity index (χ3v) is 6.64. The first kappa shape index (κ1) is 19.6. The average Bonchev–Trinajstić information content (AvgIpc) is 3.45. The van der Waals surface area contributed by atoms with Crippen molar-refractivity contribution in [3.63, 3.8) is 0 Å². The molecule has 1 N–H and O–H groups in total. The lowest BCUT2D eigenvalue weighted by molar-refractivity contribution is 0.0728. The maximum Gasteiger partial charge on any atom is 0.274 e. The van der Waals surface area contributed by atoms with Crippen LogP contribution in [0.1, 0.15) is 39.3 Å². The first-order valence-electron chi connectivity index (χ1n) is 10.1. The fourth-order valence-corrected chi connectivity index (χ4v) is 5.03. The molecule has 2 aromatic carbocycles. The number of hydrogen-bond acceptors (Lipinski definition) is 4. The molecule has 31 heavy (non-hydrogen) atoms. The van der Waals surface area contributed by atoms with Crippen molar-refractivity contribution in [3.8, 4) is 10.4 Å². The highest BCUT2D eigenvalue weighted by Gasteiger charge is 2.36. The number of rotatable bonds is 3. The minimum atomic E-state index is -0.311. The topological polar surface area (TPSA) is 61.9 Å². The minimum absolute atomic E-state index is 0.162. The molecule has 0 aliphatic carbocycles. The summed E-state index contributed by atoms with van der Waals surface area (Å²) in [5, 5.41) is 0.789. The summed E-state index contributed by atoms with van der Waals surface area (Å²) in [5.74, 6) is 0.282. The van der Waals surface area contributed by atoms with Gasteiger partial charge in [-0.1, -0.05) is 36.4 Å². The third-order valence-electron chi connectivity index (χ3n) is 5.62. The Morgan fingerprint density at radius 2 is 1.97 bits per heavy atom. The van der Waals surface area contributed by atoms with Crippen molar-refractivity contribution in [2.45, 2.75) is 26.3 Å². The Morgan fingerprint density at radius 1 is 1.19 bits per heavy atom. The molecule has 0 saturated carbocycles. The number of H-pyrrole nitrogens is 1. The number of benzene rings is 2. The smallest absolute Gasteiger partial charge is 0.274 e. The summed E-state index contributed by atoms with van der Waals surface area (Å²) in [6.45, 7) is 8.49. The Bertz CT molecular complexity index is 1320. The van der Waals surface area contributed by atoms with E-state index in [2.05, 4.69) is 16.5 Å². The van der Waals surface area contributed by atoms with Crippen molar-refractivity contribution in [2.24, 2.45) is 0 Å². The summed E-state index contributed by atoms with van der Waals surface area (Å²) < 4.78 is 13.4. The van der Waals surface area contributed by atoms with E-state index >= 15 is 0 Å². The summed E-state index contributed by atoms with van der Waals surface area (Å²) in [6, 6.07) is 11.9. The molecule has 1 aliphatic heterocycles. The van der Waals surface area contributed by atoms with E-state index in [1.54, 1.807) is 17.0 Å². The number of hydrogen-bond donors (Lipinski definition) is 1. The molecule has 5 rings (SSSR count). The van der Waals surface area contributed by atoms with Crippen LogP contribution in [0, 0.1) is 19.7 Å². The van der Waals surface area contributed by atoms with Crippen LogP contribution < -0.4 is 0 Å². The van der Waals surface area contributed by atoms with Crippen LogP contribution in [0.25, 0.3) is 21.5 Å². The van der Waals surface area contributed by atoms with E-state index in [0.717, 1.165) is 43.4 Å². The number of likely N-dealkylation sites (tertiary alicyclic amines) is 1. The lowest BCUT2D eigenvalue weighted by atomic mass is 10.1. The highest BCUT2D eigenvalue weighted by Crippen LogP contribution is 2.38. The molecular weight excluding hydrogens is 411 g/mol. The van der Waals surface area contributed by atoms with Gasteiger partial charge >= 0.3 is 0 Å². The molecule has 1 unspecified atom stereocenters. The average molecular weight is 433 g/mol. The summed E-state index contributed by atoms with van der Waals surface area (Å²) >= 11 is 1.44. The normalized spacial score (nSPS) is 16.4. The molecule has 1 saturated heterocycles. The highest BCUT2D eigenvalue weighted by atomic mass is 32.1. The zero-order valence-electron chi connectivity index (χ0n) is 17.3. The predicted octanol–water partition coefficient (Wildman–Crippen LogP) is 5.59. The van der Waals surface area contributed by atoms with Crippen LogP contribution in [-0.2, 0) is 0 Å². The van der Waals surface area contributed by atoms with E-state index in [-0.39, 0.29) is 17.8 Å². The van der Waals surface area contributed by atoms with Gasteiger partial charge in [0, 0.05) is 6.54 Å². The summed E-state index contributed by atoms with van der Waals surface area (Å²) in [7, 11) is 0. The van der Waals surface area contributed by atoms with Crippen molar-refractivity contribution in [1.29, 1.82) is 0 Å². The van der Waals surface area contributed by atoms with Crippen molar-refractivity contribution >= 4 is 28.3 Å². The Hall–Kier alpha value is -3.32. The molecule has 156 valence electrons. The van der Waals surface area contributed by atoms with Gasteiger partial charge in [0.15, 0.2) is 0 Å². The largest absolute Gasteiger partial charge is 0.340 e. The number of amides is 1. The molecular formula is C24H21FN4OS. The number of halogens is 1. The maximum absolute atomic E-state index is 13.6. The third kappa shape index (κ3) is 3.45. The van der Waals surface area contributed by atoms with Gasteiger partial charge in [0.25, 0.3) is 5.91 Å². The van der Waals surface area contributed by atoms with Gasteiger partial charge in [-0.2, -0.15) is 0 Å². The second-order valence-corrected chi connectivity index (χ2v) is 9.11. The quantitative estimate of drug-likeness (QED) is 0.430. The van der Waals surface area contributed by atoms with Gasteiger partial charge in [-0.15, -0.1) is 11.3 Å². The lowest BCUT2D eigenvalue weighted by Gasteiger charge is -2.22. The monoisotopic (exact) mass is 432 g/mol. The number of carbonyl (C=O) groups is 1. The Kier molecular flexibility index (Phi) is 4.70. The van der Waals surface area contributed by atoms with Crippen molar-refractivity contribution in [3.05, 3.63) is 82.5 Å². The molecule has 1 atom stereocenters. The predicted molar refractivity (Wildman–Crippen MR) is 121 cm³/mol. The fraction of sp³-hybridized carbons (Fsp3) is 0.208. The molecule has 7 heteroatoms. The minimum Gasteiger partial charge on any atom is -0.340 e. The number of carbonyl (C=O) groups excluding carboxylic acids is 1. The second kappa shape index (κ2) is 7.42. The van der Waals surface area contributed by atoms with Crippen LogP contribution in [0.15, 0.2) is 54.6 Å². The number of imidazole rings is 1. The van der Waals surface area contributed by atoms with E-state index in [1.807, 2.05) is 32.0 Å². The highest BCUT2D eigenvalue weighted by molar-refractivity contribution is 7.15. The van der Waals surface area contributed by atoms with E-state index < -0.39 is 0 Å². The van der Waals surface area contributed by atoms with Gasteiger partial charge in [-0.05, 0) is 49.6 Å². The fourth-order valence-electron chi connectivity index (χ4n) is 4.11. The van der Waals surface area contributed by atoms with Crippen molar-refractivity contribution < 1.29 is 9.18 Å². The Labute approximate surface area is 183 Å². The number of thiazole rings is 1. The van der Waals surface area contributed by atoms with Gasteiger partial charge in [0.1, 0.15) is 17.3 Å². The molecule has 4 aromatic rings. The summed E-state index contributed by atoms with van der Waals surface area (Å²) in [4.78, 5) is 28.9. The molecule has 3 heterocycles. The SMILES string of the molecule is C=C1CC(c2nc3cccc(C)c3[nH]2)N(C(=O)c2nc(C)sc2-c2ccc(F)cc2)C1. The molecule has 2 aromatic heterocycles. The Morgan fingerprint density at radius 3 is 2.71 bits per heavy atom. The van der Waals surface area contributed by atoms with Gasteiger partial charge in [0.2, 0.25) is 0 Å². The second-order valence-electron chi connectivity index (χ2n) is 7.91. The van der Waals surface area contributed by atoms with E-state index in [1.165, 1.54) is 23.5 Å². The van der Waals surface area contributed by atoms with Crippen LogP contribution in [-0.4, -0.2) is 32.3 Å². The van der Waals surface area contributed by atoms with Crippen LogP contribution in [0.5, 0.6) is 0 Å². The molecule has 1 fully saturated rings. The number of aromatic amines is 1. The van der Waals surface area contributed by atoms with Gasteiger partial charge < -0.3 is 9.88 Å². The number of nitrogens with zero attached hydrogens (tertiary/aromatic N) is 3. The number of aryl methyl sites for hydroxylation is 2. The van der Waals surface area contributed by atoms with Crippen LogP contribution >= 0.6 is 11.3 Å². The van der Waals surface area contributed by atoms with Crippen LogP contribution in [0.3, 0.4) is 0 Å². The van der Waals surface area contributed by atoms with Crippen LogP contribution in [0.2, 0.25) is 0 Å². The number of fused-ring (bicyclic) bond motifs is 1. The molecule has 5 nitrogen and oxygen atoms in total. The Balaban J connectivity index is 1.54. The van der Waals surface area contributed by atoms with Crippen LogP contribution in [0.4, 0.5) is 4.39 Å². The van der Waals surface area contributed by atoms with Gasteiger partial charge in [-0.3, -0.25) is 4.79 Å². The van der Waals surface area contributed by atoms with E-state index in [0.29, 0.717) is 18.7 Å². The zero-order valence-corrected chi connectivity index (χ0v) is 18.1. The van der Waals surface area contributed by atoms with Crippen molar-refractivity contribution in [2.75, 3.05) is 6.54 Å². The number of aromatic nitrogens is 3. The van der Waals surface area contributed by atoms with Crippen molar-refractivity contribution in [1.82, 2.24) is 19.9 Å². The van der Waals surface area contributed by atoms with E-state index in [4.69, 9.17) is 4.98 Å². The molecule has 0 radical (unpaired) electrons. The first-order valence-corrected chi connectivity index (χ1v) is 10.9.